The lowest BCUT2D eigenvalue weighted by atomic mass is 9.68. The number of benzene rings is 1. The van der Waals surface area contributed by atoms with Gasteiger partial charge in [-0.2, -0.15) is 0 Å². The number of aryl methyl sites for hydroxylation is 1. The molecule has 2 atom stereocenters. The molecule has 0 bridgehead atoms. The summed E-state index contributed by atoms with van der Waals surface area (Å²) >= 11 is 1.42. The Kier molecular flexibility index (Phi) is 4.82. The first-order valence-electron chi connectivity index (χ1n) is 9.35. The van der Waals surface area contributed by atoms with Gasteiger partial charge in [0.15, 0.2) is 0 Å². The number of rotatable bonds is 4. The first-order valence-corrected chi connectivity index (χ1v) is 10.2. The van der Waals surface area contributed by atoms with Crippen LogP contribution in [0.2, 0.25) is 0 Å². The highest BCUT2D eigenvalue weighted by Gasteiger charge is 2.48. The van der Waals surface area contributed by atoms with Gasteiger partial charge in [0.2, 0.25) is 0 Å². The van der Waals surface area contributed by atoms with Gasteiger partial charge in [0.25, 0.3) is 0 Å². The molecule has 0 amide bonds. The lowest BCUT2D eigenvalue weighted by Gasteiger charge is -2.40. The Morgan fingerprint density at radius 2 is 2.15 bits per heavy atom. The van der Waals surface area contributed by atoms with Crippen molar-refractivity contribution in [3.63, 3.8) is 0 Å². The normalized spacial score (nSPS) is 25.0. The van der Waals surface area contributed by atoms with Crippen molar-refractivity contribution >= 4 is 17.3 Å². The predicted molar refractivity (Wildman–Crippen MR) is 107 cm³/mol. The number of esters is 1. The van der Waals surface area contributed by atoms with E-state index in [0.717, 1.165) is 42.9 Å². The van der Waals surface area contributed by atoms with Crippen molar-refractivity contribution in [1.29, 1.82) is 0 Å². The molecule has 4 rings (SSSR count). The van der Waals surface area contributed by atoms with Gasteiger partial charge in [0, 0.05) is 17.9 Å². The molecule has 4 nitrogen and oxygen atoms in total. The summed E-state index contributed by atoms with van der Waals surface area (Å²) in [5.74, 6) is 1.48. The van der Waals surface area contributed by atoms with Crippen molar-refractivity contribution in [3.8, 4) is 5.75 Å². The van der Waals surface area contributed by atoms with Crippen LogP contribution in [0.4, 0.5) is 0 Å². The van der Waals surface area contributed by atoms with Gasteiger partial charge >= 0.3 is 5.97 Å². The Morgan fingerprint density at radius 3 is 2.85 bits per heavy atom. The SMILES string of the molecule is COc1ccc(C23CCC(OC(=O)c4cccs4)=CC2N(C)CC3)cc1C. The number of hydrogen-bond acceptors (Lipinski definition) is 5. The molecule has 1 saturated heterocycles. The number of likely N-dealkylation sites (tertiary alicyclic amines) is 1. The first kappa shape index (κ1) is 18.3. The summed E-state index contributed by atoms with van der Waals surface area (Å²) in [6.45, 7) is 3.14. The number of ether oxygens (including phenoxy) is 2. The van der Waals surface area contributed by atoms with Crippen molar-refractivity contribution in [2.45, 2.75) is 37.6 Å². The highest BCUT2D eigenvalue weighted by molar-refractivity contribution is 7.11. The van der Waals surface area contributed by atoms with E-state index in [9.17, 15) is 4.79 Å². The fourth-order valence-corrected chi connectivity index (χ4v) is 5.15. The number of hydrogen-bond donors (Lipinski definition) is 0. The summed E-state index contributed by atoms with van der Waals surface area (Å²) in [7, 11) is 3.87. The molecule has 27 heavy (non-hydrogen) atoms. The number of allylic oxidation sites excluding steroid dienone is 1. The van der Waals surface area contributed by atoms with Gasteiger partial charge in [-0.1, -0.05) is 18.2 Å². The summed E-state index contributed by atoms with van der Waals surface area (Å²) in [4.78, 5) is 15.4. The highest BCUT2D eigenvalue weighted by atomic mass is 32.1. The second-order valence-corrected chi connectivity index (χ2v) is 8.46. The molecule has 0 saturated carbocycles. The second kappa shape index (κ2) is 7.13. The van der Waals surface area contributed by atoms with Gasteiger partial charge in [-0.05, 0) is 68.1 Å². The van der Waals surface area contributed by atoms with Gasteiger partial charge in [0.05, 0.1) is 7.11 Å². The lowest BCUT2D eigenvalue weighted by Crippen LogP contribution is -2.42. The Labute approximate surface area is 164 Å². The quantitative estimate of drug-likeness (QED) is 0.727. The van der Waals surface area contributed by atoms with Crippen LogP contribution in [-0.2, 0) is 10.2 Å². The molecule has 1 aromatic heterocycles. The largest absolute Gasteiger partial charge is 0.496 e. The van der Waals surface area contributed by atoms with Crippen LogP contribution in [0.1, 0.15) is 40.1 Å². The molecule has 1 aliphatic carbocycles. The van der Waals surface area contributed by atoms with E-state index in [4.69, 9.17) is 9.47 Å². The number of carbonyl (C=O) groups excluding carboxylic acids is 1. The average Bonchev–Trinajstić information content (AvgIpc) is 3.31. The summed E-state index contributed by atoms with van der Waals surface area (Å²) in [5.41, 5.74) is 2.59. The van der Waals surface area contributed by atoms with E-state index in [-0.39, 0.29) is 17.4 Å². The number of fused-ring (bicyclic) bond motifs is 1. The summed E-state index contributed by atoms with van der Waals surface area (Å²) < 4.78 is 11.2. The van der Waals surface area contributed by atoms with Crippen LogP contribution >= 0.6 is 11.3 Å². The molecule has 5 heteroatoms. The van der Waals surface area contributed by atoms with Crippen LogP contribution in [0.5, 0.6) is 5.75 Å². The number of methoxy groups -OCH3 is 1. The fourth-order valence-electron chi connectivity index (χ4n) is 4.55. The molecule has 0 N–H and O–H groups in total. The molecular weight excluding hydrogens is 358 g/mol. The molecule has 2 aliphatic rings. The third kappa shape index (κ3) is 3.19. The monoisotopic (exact) mass is 383 g/mol. The Balaban J connectivity index is 1.62. The van der Waals surface area contributed by atoms with Gasteiger partial charge in [-0.3, -0.25) is 4.90 Å². The lowest BCUT2D eigenvalue weighted by molar-refractivity contribution is 0.0599. The molecule has 1 aliphatic heterocycles. The minimum atomic E-state index is -0.246. The van der Waals surface area contributed by atoms with E-state index < -0.39 is 0 Å². The van der Waals surface area contributed by atoms with E-state index in [2.05, 4.69) is 43.1 Å². The fraction of sp³-hybridized carbons (Fsp3) is 0.409. The molecule has 0 radical (unpaired) electrons. The van der Waals surface area contributed by atoms with Gasteiger partial charge < -0.3 is 9.47 Å². The van der Waals surface area contributed by atoms with Crippen LogP contribution in [0.3, 0.4) is 0 Å². The Bertz CT molecular complexity index is 874. The molecule has 1 fully saturated rings. The topological polar surface area (TPSA) is 38.8 Å². The van der Waals surface area contributed by atoms with E-state index >= 15 is 0 Å². The van der Waals surface area contributed by atoms with Gasteiger partial charge in [0.1, 0.15) is 16.4 Å². The van der Waals surface area contributed by atoms with Crippen LogP contribution in [0, 0.1) is 6.92 Å². The van der Waals surface area contributed by atoms with Crippen molar-refractivity contribution in [1.82, 2.24) is 4.90 Å². The van der Waals surface area contributed by atoms with E-state index in [0.29, 0.717) is 4.88 Å². The van der Waals surface area contributed by atoms with Gasteiger partial charge in [-0.25, -0.2) is 4.79 Å². The zero-order valence-electron chi connectivity index (χ0n) is 16.0. The number of nitrogens with zero attached hydrogens (tertiary/aromatic N) is 1. The van der Waals surface area contributed by atoms with Crippen molar-refractivity contribution in [2.24, 2.45) is 0 Å². The third-order valence-corrected chi connectivity index (χ3v) is 6.88. The zero-order chi connectivity index (χ0) is 19.0. The number of carbonyl (C=O) groups is 1. The van der Waals surface area contributed by atoms with Crippen LogP contribution in [-0.4, -0.2) is 37.6 Å². The average molecular weight is 384 g/mol. The maximum atomic E-state index is 12.3. The predicted octanol–water partition coefficient (Wildman–Crippen LogP) is 4.54. The smallest absolute Gasteiger partial charge is 0.353 e. The molecule has 2 unspecified atom stereocenters. The molecule has 1 aromatic carbocycles. The van der Waals surface area contributed by atoms with Crippen LogP contribution in [0.25, 0.3) is 0 Å². The molecule has 142 valence electrons. The van der Waals surface area contributed by atoms with Crippen LogP contribution < -0.4 is 4.74 Å². The first-order chi connectivity index (χ1) is 13.0. The number of likely N-dealkylation sites (N-methyl/N-ethyl adjacent to an activating group) is 1. The zero-order valence-corrected chi connectivity index (χ0v) is 16.8. The Morgan fingerprint density at radius 1 is 1.30 bits per heavy atom. The minimum Gasteiger partial charge on any atom is -0.496 e. The molecule has 2 heterocycles. The van der Waals surface area contributed by atoms with Crippen molar-refractivity contribution in [3.05, 3.63) is 63.6 Å². The Hall–Kier alpha value is -2.11. The second-order valence-electron chi connectivity index (χ2n) is 7.52. The van der Waals surface area contributed by atoms with Crippen molar-refractivity contribution in [2.75, 3.05) is 20.7 Å². The molecule has 0 spiro atoms. The summed E-state index contributed by atoms with van der Waals surface area (Å²) in [6, 6.07) is 10.5. The third-order valence-electron chi connectivity index (χ3n) is 6.03. The van der Waals surface area contributed by atoms with Crippen LogP contribution in [0.15, 0.2) is 47.5 Å². The van der Waals surface area contributed by atoms with E-state index in [1.54, 1.807) is 7.11 Å². The van der Waals surface area contributed by atoms with Crippen molar-refractivity contribution < 1.29 is 14.3 Å². The number of thiophene rings is 1. The van der Waals surface area contributed by atoms with Gasteiger partial charge in [-0.15, -0.1) is 11.3 Å². The minimum absolute atomic E-state index is 0.0740. The van der Waals surface area contributed by atoms with E-state index in [1.807, 2.05) is 17.5 Å². The maximum absolute atomic E-state index is 12.3. The molecular formula is C22H25NO3S. The summed E-state index contributed by atoms with van der Waals surface area (Å²) in [5, 5.41) is 1.90. The standard InChI is InChI=1S/C22H25NO3S/c1-15-13-16(6-7-18(15)25-3)22-9-8-17(14-20(22)23(2)11-10-22)26-21(24)19-5-4-12-27-19/h4-7,12-14,20H,8-11H2,1-3H3. The van der Waals surface area contributed by atoms with E-state index in [1.165, 1.54) is 16.9 Å². The molecule has 2 aromatic rings. The highest BCUT2D eigenvalue weighted by Crippen LogP contribution is 2.48. The maximum Gasteiger partial charge on any atom is 0.353 e. The summed E-state index contributed by atoms with van der Waals surface area (Å²) in [6.07, 6.45) is 5.05.